The SMILES string of the molecule is O=C(NCc1cccc(Cl)c1)c1nc2scc(COCC3CCC(CO)CO3)c2c(=O)[nH]1. The molecule has 0 aliphatic carbocycles. The molecule has 1 aromatic carbocycles. The van der Waals surface area contributed by atoms with Crippen LogP contribution in [0.15, 0.2) is 34.4 Å². The Morgan fingerprint density at radius 3 is 3.03 bits per heavy atom. The Labute approximate surface area is 193 Å². The van der Waals surface area contributed by atoms with Gasteiger partial charge in [0.15, 0.2) is 0 Å². The van der Waals surface area contributed by atoms with E-state index in [2.05, 4.69) is 15.3 Å². The number of fused-ring (bicyclic) bond motifs is 1. The zero-order chi connectivity index (χ0) is 22.5. The van der Waals surface area contributed by atoms with Crippen molar-refractivity contribution in [3.8, 4) is 0 Å². The van der Waals surface area contributed by atoms with Crippen molar-refractivity contribution in [2.45, 2.75) is 32.1 Å². The number of aromatic nitrogens is 2. The van der Waals surface area contributed by atoms with Crippen molar-refractivity contribution in [3.63, 3.8) is 0 Å². The summed E-state index contributed by atoms with van der Waals surface area (Å²) >= 11 is 7.26. The van der Waals surface area contributed by atoms with Crippen LogP contribution in [0.3, 0.4) is 0 Å². The second kappa shape index (κ2) is 10.5. The summed E-state index contributed by atoms with van der Waals surface area (Å²) in [5.41, 5.74) is 1.20. The molecule has 1 saturated heterocycles. The van der Waals surface area contributed by atoms with E-state index in [1.54, 1.807) is 18.2 Å². The molecule has 0 saturated carbocycles. The zero-order valence-corrected chi connectivity index (χ0v) is 18.9. The van der Waals surface area contributed by atoms with Crippen LogP contribution in [0.1, 0.15) is 34.6 Å². The third kappa shape index (κ3) is 5.54. The molecule has 4 rings (SSSR count). The first kappa shape index (κ1) is 22.9. The molecule has 0 radical (unpaired) electrons. The minimum atomic E-state index is -0.467. The lowest BCUT2D eigenvalue weighted by molar-refractivity contribution is -0.0717. The maximum absolute atomic E-state index is 12.6. The summed E-state index contributed by atoms with van der Waals surface area (Å²) in [5.74, 6) is -0.299. The number of ether oxygens (including phenoxy) is 2. The van der Waals surface area contributed by atoms with Gasteiger partial charge >= 0.3 is 0 Å². The molecule has 1 aliphatic heterocycles. The predicted octanol–water partition coefficient (Wildman–Crippen LogP) is 2.87. The van der Waals surface area contributed by atoms with Gasteiger partial charge in [0.25, 0.3) is 11.5 Å². The summed E-state index contributed by atoms with van der Waals surface area (Å²) in [6.07, 6.45) is 1.75. The lowest BCUT2D eigenvalue weighted by atomic mass is 10.00. The molecule has 1 aliphatic rings. The molecule has 0 spiro atoms. The summed E-state index contributed by atoms with van der Waals surface area (Å²) < 4.78 is 11.5. The number of halogens is 1. The normalized spacial score (nSPS) is 18.7. The quantitative estimate of drug-likeness (QED) is 0.459. The zero-order valence-electron chi connectivity index (χ0n) is 17.3. The van der Waals surface area contributed by atoms with Crippen LogP contribution in [0.5, 0.6) is 0 Å². The molecule has 3 aromatic rings. The number of rotatable bonds is 8. The van der Waals surface area contributed by atoms with E-state index in [4.69, 9.17) is 21.1 Å². The molecule has 2 unspecified atom stereocenters. The first-order chi connectivity index (χ1) is 15.5. The van der Waals surface area contributed by atoms with Gasteiger partial charge in [-0.25, -0.2) is 4.98 Å². The number of aliphatic hydroxyl groups excluding tert-OH is 1. The minimum absolute atomic E-state index is 0.00564. The molecule has 0 bridgehead atoms. The Balaban J connectivity index is 1.36. The van der Waals surface area contributed by atoms with E-state index in [0.717, 1.165) is 24.0 Å². The number of carbonyl (C=O) groups excluding carboxylic acids is 1. The molecule has 10 heteroatoms. The van der Waals surface area contributed by atoms with E-state index >= 15 is 0 Å². The lowest BCUT2D eigenvalue weighted by Gasteiger charge is -2.27. The molecule has 1 fully saturated rings. The second-order valence-corrected chi connectivity index (χ2v) is 9.06. The first-order valence-electron chi connectivity index (χ1n) is 10.4. The van der Waals surface area contributed by atoms with Crippen molar-refractivity contribution in [3.05, 3.63) is 62.0 Å². The average Bonchev–Trinajstić information content (AvgIpc) is 3.21. The van der Waals surface area contributed by atoms with Gasteiger partial charge in [-0.05, 0) is 35.9 Å². The van der Waals surface area contributed by atoms with Crippen molar-refractivity contribution in [2.75, 3.05) is 19.8 Å². The monoisotopic (exact) mass is 477 g/mol. The van der Waals surface area contributed by atoms with Crippen LogP contribution in [0.2, 0.25) is 5.02 Å². The average molecular weight is 478 g/mol. The Bertz CT molecular complexity index is 1140. The number of nitrogens with one attached hydrogen (secondary N) is 2. The Hall–Kier alpha value is -2.30. The highest BCUT2D eigenvalue weighted by molar-refractivity contribution is 7.16. The fourth-order valence-electron chi connectivity index (χ4n) is 3.57. The molecular weight excluding hydrogens is 454 g/mol. The number of thiophene rings is 1. The van der Waals surface area contributed by atoms with E-state index in [-0.39, 0.29) is 43.2 Å². The number of hydrogen-bond donors (Lipinski definition) is 3. The molecule has 3 heterocycles. The van der Waals surface area contributed by atoms with E-state index in [1.807, 2.05) is 11.4 Å². The van der Waals surface area contributed by atoms with E-state index in [9.17, 15) is 14.7 Å². The van der Waals surface area contributed by atoms with E-state index < -0.39 is 5.91 Å². The summed E-state index contributed by atoms with van der Waals surface area (Å²) in [4.78, 5) is 32.5. The third-order valence-electron chi connectivity index (χ3n) is 5.36. The van der Waals surface area contributed by atoms with Gasteiger partial charge in [-0.3, -0.25) is 9.59 Å². The van der Waals surface area contributed by atoms with Crippen molar-refractivity contribution in [2.24, 2.45) is 5.92 Å². The van der Waals surface area contributed by atoms with Gasteiger partial charge in [-0.15, -0.1) is 11.3 Å². The van der Waals surface area contributed by atoms with Gasteiger partial charge in [0.05, 0.1) is 31.3 Å². The van der Waals surface area contributed by atoms with Crippen LogP contribution in [-0.4, -0.2) is 46.9 Å². The van der Waals surface area contributed by atoms with E-state index in [0.29, 0.717) is 28.5 Å². The fourth-order valence-corrected chi connectivity index (χ4v) is 4.71. The second-order valence-electron chi connectivity index (χ2n) is 7.76. The molecule has 32 heavy (non-hydrogen) atoms. The highest BCUT2D eigenvalue weighted by atomic mass is 35.5. The molecule has 2 aromatic heterocycles. The molecular formula is C22H24ClN3O5S. The molecule has 2 atom stereocenters. The highest BCUT2D eigenvalue weighted by Gasteiger charge is 2.21. The van der Waals surface area contributed by atoms with Crippen LogP contribution in [0.25, 0.3) is 10.2 Å². The van der Waals surface area contributed by atoms with Gasteiger partial charge in [-0.2, -0.15) is 0 Å². The van der Waals surface area contributed by atoms with Gasteiger partial charge in [-0.1, -0.05) is 23.7 Å². The number of aliphatic hydroxyl groups is 1. The number of nitrogens with zero attached hydrogens (tertiary/aromatic N) is 1. The van der Waals surface area contributed by atoms with Crippen LogP contribution in [-0.2, 0) is 22.6 Å². The summed E-state index contributed by atoms with van der Waals surface area (Å²) in [7, 11) is 0. The number of benzene rings is 1. The van der Waals surface area contributed by atoms with Gasteiger partial charge in [0.2, 0.25) is 5.82 Å². The van der Waals surface area contributed by atoms with Gasteiger partial charge in [0, 0.05) is 29.7 Å². The smallest absolute Gasteiger partial charge is 0.287 e. The van der Waals surface area contributed by atoms with E-state index in [1.165, 1.54) is 11.3 Å². The molecule has 8 nitrogen and oxygen atoms in total. The van der Waals surface area contributed by atoms with Gasteiger partial charge in [0.1, 0.15) is 4.83 Å². The number of amides is 1. The molecule has 170 valence electrons. The van der Waals surface area contributed by atoms with Crippen molar-refractivity contribution >= 4 is 39.1 Å². The summed E-state index contributed by atoms with van der Waals surface area (Å²) in [6, 6.07) is 7.17. The standard InChI is InChI=1S/C22H24ClN3O5S/c23-16-3-1-2-13(6-16)7-24-21(29)19-25-20(28)18-15(12-32-22(18)26-19)10-30-11-17-5-4-14(8-27)9-31-17/h1-3,6,12,14,17,27H,4-5,7-11H2,(H,24,29)(H,25,26,28). The van der Waals surface area contributed by atoms with Crippen LogP contribution in [0.4, 0.5) is 0 Å². The first-order valence-corrected chi connectivity index (χ1v) is 11.6. The number of carbonyl (C=O) groups is 1. The number of aromatic amines is 1. The number of hydrogen-bond acceptors (Lipinski definition) is 7. The third-order valence-corrected chi connectivity index (χ3v) is 6.52. The highest BCUT2D eigenvalue weighted by Crippen LogP contribution is 2.23. The summed E-state index contributed by atoms with van der Waals surface area (Å²) in [6.45, 7) is 1.63. The van der Waals surface area contributed by atoms with Crippen molar-refractivity contribution in [1.29, 1.82) is 0 Å². The summed E-state index contributed by atoms with van der Waals surface area (Å²) in [5, 5.41) is 14.8. The predicted molar refractivity (Wildman–Crippen MR) is 122 cm³/mol. The molecule has 1 amide bonds. The topological polar surface area (TPSA) is 114 Å². The molecule has 3 N–H and O–H groups in total. The van der Waals surface area contributed by atoms with Crippen LogP contribution in [0, 0.1) is 5.92 Å². The van der Waals surface area contributed by atoms with Crippen LogP contribution >= 0.6 is 22.9 Å². The van der Waals surface area contributed by atoms with Gasteiger partial charge < -0.3 is 24.9 Å². The number of H-pyrrole nitrogens is 1. The fraction of sp³-hybridized carbons (Fsp3) is 0.409. The Morgan fingerprint density at radius 2 is 2.28 bits per heavy atom. The lowest BCUT2D eigenvalue weighted by Crippen LogP contribution is -2.31. The van der Waals surface area contributed by atoms with Crippen LogP contribution < -0.4 is 10.9 Å². The largest absolute Gasteiger partial charge is 0.396 e. The Morgan fingerprint density at radius 1 is 1.41 bits per heavy atom. The van der Waals surface area contributed by atoms with Crippen molar-refractivity contribution < 1.29 is 19.4 Å². The maximum Gasteiger partial charge on any atom is 0.287 e. The minimum Gasteiger partial charge on any atom is -0.396 e. The van der Waals surface area contributed by atoms with Crippen molar-refractivity contribution in [1.82, 2.24) is 15.3 Å². The maximum atomic E-state index is 12.6. The Kier molecular flexibility index (Phi) is 7.54.